The van der Waals surface area contributed by atoms with E-state index in [1.165, 1.54) is 16.7 Å². The van der Waals surface area contributed by atoms with Crippen molar-refractivity contribution in [1.82, 2.24) is 4.72 Å². The molecule has 0 saturated carbocycles. The molecule has 0 saturated heterocycles. The summed E-state index contributed by atoms with van der Waals surface area (Å²) < 4.78 is 22.0. The summed E-state index contributed by atoms with van der Waals surface area (Å²) in [4.78, 5) is 0. The molecule has 0 heterocycles. The lowest BCUT2D eigenvalue weighted by molar-refractivity contribution is 0.232. The van der Waals surface area contributed by atoms with Crippen LogP contribution in [0.3, 0.4) is 0 Å². The van der Waals surface area contributed by atoms with E-state index >= 15 is 0 Å². The first kappa shape index (κ1) is 23.0. The molecule has 0 aliphatic heterocycles. The number of rotatable bonds is 6. The van der Waals surface area contributed by atoms with Crippen LogP contribution in [0.15, 0.2) is 18.2 Å². The molecule has 0 spiro atoms. The average Bonchev–Trinajstić information content (AvgIpc) is 2.93. The lowest BCUT2D eigenvalue weighted by Gasteiger charge is -2.37. The van der Waals surface area contributed by atoms with Crippen LogP contribution in [-0.2, 0) is 28.6 Å². The lowest BCUT2D eigenvalue weighted by Crippen LogP contribution is -2.42. The fourth-order valence-electron chi connectivity index (χ4n) is 3.23. The molecule has 1 unspecified atom stereocenters. The summed E-state index contributed by atoms with van der Waals surface area (Å²) in [6.45, 7) is 20.5. The minimum atomic E-state index is -1.71. The first-order valence-electron chi connectivity index (χ1n) is 10.1. The minimum Gasteiger partial charge on any atom is -0.598 e. The largest absolute Gasteiger partial charge is 0.598 e. The number of hydrogen-bond donors (Lipinski definition) is 1. The first-order valence-corrected chi connectivity index (χ1v) is 14.2. The Hall–Kier alpha value is -0.333. The number of nitrogens with one attached hydrogen (secondary N) is 1. The smallest absolute Gasteiger partial charge is 0.191 e. The van der Waals surface area contributed by atoms with Crippen molar-refractivity contribution in [3.05, 3.63) is 34.9 Å². The van der Waals surface area contributed by atoms with E-state index in [9.17, 15) is 4.55 Å². The van der Waals surface area contributed by atoms with E-state index in [1.54, 1.807) is 0 Å². The lowest BCUT2D eigenvalue weighted by atomic mass is 9.98. The summed E-state index contributed by atoms with van der Waals surface area (Å²) in [5.41, 5.74) is 4.17. The molecule has 1 aliphatic rings. The van der Waals surface area contributed by atoms with Crippen molar-refractivity contribution in [2.45, 2.75) is 90.2 Å². The zero-order valence-corrected chi connectivity index (χ0v) is 20.5. The molecule has 0 fully saturated rings. The fraction of sp³-hybridized carbons (Fsp3) is 0.727. The SMILES string of the molecule is C[C@@H](N[S+]([O-])C(C)(C)C)c1cccc2c1C[C@H](CO[Si](C)(C)C(C)(C)C)C2. The van der Waals surface area contributed by atoms with Gasteiger partial charge in [-0.2, -0.15) is 0 Å². The molecule has 1 N–H and O–H groups in total. The zero-order chi connectivity index (χ0) is 20.6. The first-order chi connectivity index (χ1) is 12.2. The molecule has 0 aromatic heterocycles. The van der Waals surface area contributed by atoms with Gasteiger partial charge in [0.1, 0.15) is 4.75 Å². The molecule has 3 nitrogen and oxygen atoms in total. The number of fused-ring (bicyclic) bond motifs is 1. The van der Waals surface area contributed by atoms with Gasteiger partial charge in [0.25, 0.3) is 0 Å². The number of benzene rings is 1. The van der Waals surface area contributed by atoms with Gasteiger partial charge in [0.2, 0.25) is 0 Å². The predicted molar refractivity (Wildman–Crippen MR) is 120 cm³/mol. The van der Waals surface area contributed by atoms with E-state index in [1.807, 2.05) is 20.8 Å². The molecular formula is C22H39NO2SSi. The monoisotopic (exact) mass is 409 g/mol. The van der Waals surface area contributed by atoms with E-state index in [0.717, 1.165) is 19.4 Å². The predicted octanol–water partition coefficient (Wildman–Crippen LogP) is 5.54. The standard InChI is InChI=1S/C22H39NO2SSi/c1-16(23-26(24)21(2,3)4)19-12-10-11-18-13-17(14-20(18)19)15-25-27(8,9)22(5,6)7/h10-12,16-17,23H,13-15H2,1-9H3/t16-,17-,26?/m1/s1. The van der Waals surface area contributed by atoms with Crippen LogP contribution >= 0.6 is 0 Å². The quantitative estimate of drug-likeness (QED) is 0.496. The van der Waals surface area contributed by atoms with Crippen LogP contribution in [0.25, 0.3) is 0 Å². The third kappa shape index (κ3) is 5.60. The Bertz CT molecular complexity index is 649. The molecular weight excluding hydrogens is 370 g/mol. The van der Waals surface area contributed by atoms with E-state index in [-0.39, 0.29) is 15.8 Å². The van der Waals surface area contributed by atoms with Crippen LogP contribution in [0, 0.1) is 5.92 Å². The summed E-state index contributed by atoms with van der Waals surface area (Å²) in [6.07, 6.45) is 2.15. The molecule has 0 radical (unpaired) electrons. The molecule has 154 valence electrons. The Balaban J connectivity index is 2.06. The van der Waals surface area contributed by atoms with E-state index in [4.69, 9.17) is 4.43 Å². The van der Waals surface area contributed by atoms with Gasteiger partial charge in [-0.3, -0.25) is 0 Å². The van der Waals surface area contributed by atoms with Gasteiger partial charge in [-0.05, 0) is 81.3 Å². The number of hydrogen-bond acceptors (Lipinski definition) is 3. The Labute approximate surface area is 171 Å². The molecule has 1 aliphatic carbocycles. The van der Waals surface area contributed by atoms with Crippen molar-refractivity contribution in [2.24, 2.45) is 5.92 Å². The van der Waals surface area contributed by atoms with Gasteiger partial charge < -0.3 is 8.98 Å². The molecule has 3 atom stereocenters. The van der Waals surface area contributed by atoms with Crippen molar-refractivity contribution in [3.8, 4) is 0 Å². The second-order valence-electron chi connectivity index (χ2n) is 10.6. The normalized spacial score (nSPS) is 20.4. The second kappa shape index (κ2) is 8.19. The Morgan fingerprint density at radius 2 is 1.81 bits per heavy atom. The topological polar surface area (TPSA) is 44.3 Å². The van der Waals surface area contributed by atoms with Crippen LogP contribution in [0.5, 0.6) is 0 Å². The van der Waals surface area contributed by atoms with Gasteiger partial charge in [0, 0.05) is 18.0 Å². The highest BCUT2D eigenvalue weighted by atomic mass is 32.2. The van der Waals surface area contributed by atoms with Crippen molar-refractivity contribution < 1.29 is 8.98 Å². The molecule has 0 amide bonds. The van der Waals surface area contributed by atoms with Crippen LogP contribution in [0.1, 0.15) is 71.2 Å². The van der Waals surface area contributed by atoms with Crippen molar-refractivity contribution in [3.63, 3.8) is 0 Å². The molecule has 1 aromatic carbocycles. The van der Waals surface area contributed by atoms with Crippen LogP contribution < -0.4 is 4.72 Å². The highest BCUT2D eigenvalue weighted by Crippen LogP contribution is 2.38. The maximum atomic E-state index is 12.5. The molecule has 2 rings (SSSR count). The van der Waals surface area contributed by atoms with Crippen LogP contribution in [0.2, 0.25) is 18.1 Å². The molecule has 27 heavy (non-hydrogen) atoms. The average molecular weight is 410 g/mol. The molecule has 5 heteroatoms. The minimum absolute atomic E-state index is 0.0834. The van der Waals surface area contributed by atoms with Gasteiger partial charge in [0.05, 0.1) is 6.04 Å². The van der Waals surface area contributed by atoms with Crippen molar-refractivity contribution in [1.29, 1.82) is 0 Å². The Morgan fingerprint density at radius 3 is 2.37 bits per heavy atom. The summed E-state index contributed by atoms with van der Waals surface area (Å²) >= 11 is -1.07. The van der Waals surface area contributed by atoms with Gasteiger partial charge in [0.15, 0.2) is 8.32 Å². The van der Waals surface area contributed by atoms with Crippen LogP contribution in [-0.4, -0.2) is 24.2 Å². The fourth-order valence-corrected chi connectivity index (χ4v) is 5.12. The van der Waals surface area contributed by atoms with Gasteiger partial charge in [-0.15, -0.1) is 4.72 Å². The summed E-state index contributed by atoms with van der Waals surface area (Å²) in [5.74, 6) is 0.551. The van der Waals surface area contributed by atoms with Crippen molar-refractivity contribution >= 4 is 19.7 Å². The Kier molecular flexibility index (Phi) is 6.96. The third-order valence-corrected chi connectivity index (χ3v) is 12.3. The molecule has 1 aromatic rings. The van der Waals surface area contributed by atoms with E-state index in [0.29, 0.717) is 5.92 Å². The second-order valence-corrected chi connectivity index (χ2v) is 17.4. The van der Waals surface area contributed by atoms with Gasteiger partial charge in [-0.1, -0.05) is 39.0 Å². The maximum Gasteiger partial charge on any atom is 0.191 e. The van der Waals surface area contributed by atoms with E-state index in [2.05, 4.69) is 63.7 Å². The third-order valence-electron chi connectivity index (χ3n) is 6.10. The Morgan fingerprint density at radius 1 is 1.19 bits per heavy atom. The summed E-state index contributed by atoms with van der Waals surface area (Å²) in [5, 5.41) is 0.249. The highest BCUT2D eigenvalue weighted by molar-refractivity contribution is 7.90. The van der Waals surface area contributed by atoms with Gasteiger partial charge >= 0.3 is 0 Å². The highest BCUT2D eigenvalue weighted by Gasteiger charge is 2.38. The van der Waals surface area contributed by atoms with E-state index < -0.39 is 19.7 Å². The summed E-state index contributed by atoms with van der Waals surface area (Å²) in [7, 11) is -1.71. The maximum absolute atomic E-state index is 12.5. The summed E-state index contributed by atoms with van der Waals surface area (Å²) in [6, 6.07) is 6.66. The van der Waals surface area contributed by atoms with Crippen molar-refractivity contribution in [2.75, 3.05) is 6.61 Å². The van der Waals surface area contributed by atoms with Crippen LogP contribution in [0.4, 0.5) is 0 Å². The van der Waals surface area contributed by atoms with Gasteiger partial charge in [-0.25, -0.2) is 0 Å². The molecule has 0 bridgehead atoms. The zero-order valence-electron chi connectivity index (χ0n) is 18.7.